The second kappa shape index (κ2) is 4.60. The van der Waals surface area contributed by atoms with Gasteiger partial charge in [0.05, 0.1) is 10.2 Å². The van der Waals surface area contributed by atoms with Crippen LogP contribution in [0.25, 0.3) is 0 Å². The standard InChI is InChI=1S/C13H15NO4S2/c1-2-20(15,16)12-10(11(12)13(14)19)7-3-4-8-9(5-7)18-6-17-8/h3-5,10-12H,2,6H2,1H3,(H2,14,19)/t10-,11+,12+/m1/s1. The van der Waals surface area contributed by atoms with Crippen molar-refractivity contribution in [2.75, 3.05) is 12.5 Å². The van der Waals surface area contributed by atoms with Crippen molar-refractivity contribution in [3.8, 4) is 11.5 Å². The molecule has 0 bridgehead atoms. The summed E-state index contributed by atoms with van der Waals surface area (Å²) in [5.74, 6) is 0.958. The van der Waals surface area contributed by atoms with Gasteiger partial charge >= 0.3 is 0 Å². The third-order valence-electron chi connectivity index (χ3n) is 3.88. The highest BCUT2D eigenvalue weighted by atomic mass is 32.2. The van der Waals surface area contributed by atoms with Crippen LogP contribution < -0.4 is 15.2 Å². The Balaban J connectivity index is 1.95. The van der Waals surface area contributed by atoms with Crippen molar-refractivity contribution in [2.45, 2.75) is 18.1 Å². The molecule has 3 atom stereocenters. The maximum Gasteiger partial charge on any atom is 0.231 e. The molecule has 0 amide bonds. The third kappa shape index (κ3) is 2.05. The summed E-state index contributed by atoms with van der Waals surface area (Å²) in [7, 11) is -3.17. The summed E-state index contributed by atoms with van der Waals surface area (Å²) in [5.41, 5.74) is 6.57. The van der Waals surface area contributed by atoms with E-state index in [1.165, 1.54) is 0 Å². The summed E-state index contributed by atoms with van der Waals surface area (Å²) in [6, 6.07) is 5.47. The summed E-state index contributed by atoms with van der Waals surface area (Å²) >= 11 is 5.01. The minimum Gasteiger partial charge on any atom is -0.454 e. The molecule has 0 unspecified atom stereocenters. The molecular formula is C13H15NO4S2. The predicted molar refractivity (Wildman–Crippen MR) is 78.8 cm³/mol. The highest BCUT2D eigenvalue weighted by molar-refractivity contribution is 7.92. The normalized spacial score (nSPS) is 27.4. The number of nitrogens with two attached hydrogens (primary N) is 1. The number of hydrogen-bond donors (Lipinski definition) is 1. The fourth-order valence-electron chi connectivity index (χ4n) is 2.78. The van der Waals surface area contributed by atoms with Crippen molar-refractivity contribution in [3.63, 3.8) is 0 Å². The number of thiocarbonyl (C=S) groups is 1. The zero-order chi connectivity index (χ0) is 14.5. The van der Waals surface area contributed by atoms with Gasteiger partial charge in [-0.3, -0.25) is 0 Å². The molecule has 108 valence electrons. The SMILES string of the molecule is CCS(=O)(=O)[C@@H]1[C@@H](C(N)=S)[C@H]1c1ccc2c(c1)OCO2. The van der Waals surface area contributed by atoms with Crippen LogP contribution in [-0.2, 0) is 9.84 Å². The van der Waals surface area contributed by atoms with Crippen molar-refractivity contribution < 1.29 is 17.9 Å². The van der Waals surface area contributed by atoms with E-state index in [1.54, 1.807) is 13.0 Å². The molecule has 2 aliphatic rings. The third-order valence-corrected chi connectivity index (χ3v) is 6.37. The maximum absolute atomic E-state index is 12.1. The molecule has 7 heteroatoms. The Morgan fingerprint density at radius 1 is 1.40 bits per heavy atom. The van der Waals surface area contributed by atoms with Gasteiger partial charge in [0.2, 0.25) is 6.79 Å². The zero-order valence-electron chi connectivity index (χ0n) is 10.9. The maximum atomic E-state index is 12.1. The first kappa shape index (κ1) is 13.6. The minimum absolute atomic E-state index is 0.0951. The molecule has 1 aliphatic heterocycles. The van der Waals surface area contributed by atoms with Crippen LogP contribution in [0, 0.1) is 5.92 Å². The molecule has 2 N–H and O–H groups in total. The smallest absolute Gasteiger partial charge is 0.231 e. The van der Waals surface area contributed by atoms with Gasteiger partial charge in [-0.25, -0.2) is 8.42 Å². The van der Waals surface area contributed by atoms with Crippen molar-refractivity contribution in [1.82, 2.24) is 0 Å². The molecule has 0 spiro atoms. The number of ether oxygens (including phenoxy) is 2. The Labute approximate surface area is 123 Å². The van der Waals surface area contributed by atoms with Crippen LogP contribution >= 0.6 is 12.2 Å². The first-order valence-corrected chi connectivity index (χ1v) is 8.48. The first-order valence-electron chi connectivity index (χ1n) is 6.36. The molecule has 1 saturated carbocycles. The van der Waals surface area contributed by atoms with Gasteiger partial charge < -0.3 is 15.2 Å². The van der Waals surface area contributed by atoms with Crippen molar-refractivity contribution in [2.24, 2.45) is 11.7 Å². The van der Waals surface area contributed by atoms with E-state index < -0.39 is 15.1 Å². The monoisotopic (exact) mass is 313 g/mol. The van der Waals surface area contributed by atoms with E-state index in [2.05, 4.69) is 0 Å². The van der Waals surface area contributed by atoms with Crippen LogP contribution in [0.3, 0.4) is 0 Å². The van der Waals surface area contributed by atoms with Gasteiger partial charge in [-0.15, -0.1) is 0 Å². The van der Waals surface area contributed by atoms with Crippen molar-refractivity contribution in [1.29, 1.82) is 0 Å². The molecule has 1 heterocycles. The lowest BCUT2D eigenvalue weighted by Crippen LogP contribution is -2.18. The van der Waals surface area contributed by atoms with Crippen LogP contribution in [0.5, 0.6) is 11.5 Å². The lowest BCUT2D eigenvalue weighted by Gasteiger charge is -2.02. The molecule has 0 aromatic heterocycles. The van der Waals surface area contributed by atoms with Crippen LogP contribution in [0.1, 0.15) is 18.4 Å². The van der Waals surface area contributed by atoms with Crippen molar-refractivity contribution in [3.05, 3.63) is 23.8 Å². The summed E-state index contributed by atoms with van der Waals surface area (Å²) in [6.45, 7) is 1.83. The second-order valence-electron chi connectivity index (χ2n) is 4.98. The number of rotatable bonds is 4. The summed E-state index contributed by atoms with van der Waals surface area (Å²) < 4.78 is 34.8. The highest BCUT2D eigenvalue weighted by Gasteiger charge is 2.59. The van der Waals surface area contributed by atoms with E-state index >= 15 is 0 Å². The van der Waals surface area contributed by atoms with Gasteiger partial charge in [-0.2, -0.15) is 0 Å². The molecular weight excluding hydrogens is 298 g/mol. The van der Waals surface area contributed by atoms with E-state index in [-0.39, 0.29) is 29.4 Å². The fraction of sp³-hybridized carbons (Fsp3) is 0.462. The van der Waals surface area contributed by atoms with E-state index in [4.69, 9.17) is 27.4 Å². The highest BCUT2D eigenvalue weighted by Crippen LogP contribution is 2.54. The molecule has 3 rings (SSSR count). The van der Waals surface area contributed by atoms with Crippen LogP contribution in [0.2, 0.25) is 0 Å². The van der Waals surface area contributed by atoms with Gasteiger partial charge in [-0.1, -0.05) is 25.2 Å². The summed E-state index contributed by atoms with van der Waals surface area (Å²) in [5, 5.41) is -0.509. The quantitative estimate of drug-likeness (QED) is 0.842. The van der Waals surface area contributed by atoms with Gasteiger partial charge in [0.25, 0.3) is 0 Å². The van der Waals surface area contributed by atoms with Gasteiger partial charge in [0.15, 0.2) is 21.3 Å². The average Bonchev–Trinajstić information content (AvgIpc) is 3.02. The van der Waals surface area contributed by atoms with Crippen LogP contribution in [0.15, 0.2) is 18.2 Å². The van der Waals surface area contributed by atoms with E-state index in [9.17, 15) is 8.42 Å². The van der Waals surface area contributed by atoms with E-state index in [0.717, 1.165) is 5.56 Å². The minimum atomic E-state index is -3.17. The lowest BCUT2D eigenvalue weighted by molar-refractivity contribution is 0.174. The number of fused-ring (bicyclic) bond motifs is 1. The van der Waals surface area contributed by atoms with E-state index in [1.807, 2.05) is 12.1 Å². The zero-order valence-corrected chi connectivity index (χ0v) is 12.5. The Morgan fingerprint density at radius 3 is 2.75 bits per heavy atom. The average molecular weight is 313 g/mol. The number of sulfone groups is 1. The number of hydrogen-bond acceptors (Lipinski definition) is 5. The number of benzene rings is 1. The molecule has 1 aromatic rings. The molecule has 1 fully saturated rings. The predicted octanol–water partition coefficient (Wildman–Crippen LogP) is 1.22. The summed E-state index contributed by atoms with van der Waals surface area (Å²) in [6.07, 6.45) is 0. The Bertz CT molecular complexity index is 671. The topological polar surface area (TPSA) is 78.6 Å². The van der Waals surface area contributed by atoms with Gasteiger partial charge in [0, 0.05) is 17.6 Å². The Kier molecular flexibility index (Phi) is 3.13. The second-order valence-corrected chi connectivity index (χ2v) is 7.90. The molecule has 1 aliphatic carbocycles. The molecule has 0 radical (unpaired) electrons. The largest absolute Gasteiger partial charge is 0.454 e. The Morgan fingerprint density at radius 2 is 2.10 bits per heavy atom. The van der Waals surface area contributed by atoms with Gasteiger partial charge in [0.1, 0.15) is 0 Å². The van der Waals surface area contributed by atoms with Crippen LogP contribution in [-0.4, -0.2) is 31.2 Å². The molecule has 1 aromatic carbocycles. The lowest BCUT2D eigenvalue weighted by atomic mass is 10.1. The van der Waals surface area contributed by atoms with Gasteiger partial charge in [-0.05, 0) is 17.7 Å². The molecule has 5 nitrogen and oxygen atoms in total. The molecule has 0 saturated heterocycles. The fourth-order valence-corrected chi connectivity index (χ4v) is 4.99. The van der Waals surface area contributed by atoms with Crippen molar-refractivity contribution >= 4 is 27.0 Å². The summed E-state index contributed by atoms with van der Waals surface area (Å²) in [4.78, 5) is 0.259. The first-order chi connectivity index (χ1) is 9.45. The van der Waals surface area contributed by atoms with Crippen LogP contribution in [0.4, 0.5) is 0 Å². The molecule has 20 heavy (non-hydrogen) atoms. The van der Waals surface area contributed by atoms with E-state index in [0.29, 0.717) is 11.5 Å². The Hall–Kier alpha value is -1.34.